The minimum atomic E-state index is -0.375. The Balaban J connectivity index is 1.63. The summed E-state index contributed by atoms with van der Waals surface area (Å²) < 4.78 is 13.5. The van der Waals surface area contributed by atoms with E-state index in [4.69, 9.17) is 0 Å². The summed E-state index contributed by atoms with van der Waals surface area (Å²) in [6.45, 7) is 1.79. The molecule has 1 saturated heterocycles. The van der Waals surface area contributed by atoms with Gasteiger partial charge in [-0.1, -0.05) is 0 Å². The van der Waals surface area contributed by atoms with Crippen LogP contribution < -0.4 is 10.2 Å². The van der Waals surface area contributed by atoms with Crippen LogP contribution in [0.15, 0.2) is 36.5 Å². The molecular formula is C18H18FN5O. The Morgan fingerprint density at radius 3 is 2.88 bits per heavy atom. The molecule has 0 atom stereocenters. The molecule has 4 rings (SSSR count). The lowest BCUT2D eigenvalue weighted by Crippen LogP contribution is -2.32. The van der Waals surface area contributed by atoms with Gasteiger partial charge in [-0.2, -0.15) is 5.10 Å². The lowest BCUT2D eigenvalue weighted by molar-refractivity contribution is 0.102. The molecule has 0 saturated carbocycles. The molecule has 1 amide bonds. The van der Waals surface area contributed by atoms with Crippen molar-refractivity contribution in [1.29, 1.82) is 0 Å². The van der Waals surface area contributed by atoms with Gasteiger partial charge in [0.05, 0.1) is 11.1 Å². The third-order valence-corrected chi connectivity index (χ3v) is 4.44. The molecular weight excluding hydrogens is 321 g/mol. The van der Waals surface area contributed by atoms with Gasteiger partial charge in [-0.25, -0.2) is 9.37 Å². The first kappa shape index (κ1) is 15.6. The molecule has 1 aliphatic heterocycles. The monoisotopic (exact) mass is 339 g/mol. The van der Waals surface area contributed by atoms with E-state index in [1.807, 2.05) is 0 Å². The van der Waals surface area contributed by atoms with Crippen molar-refractivity contribution in [3.63, 3.8) is 0 Å². The molecule has 0 spiro atoms. The summed E-state index contributed by atoms with van der Waals surface area (Å²) in [5, 5.41) is 10.2. The van der Waals surface area contributed by atoms with Crippen LogP contribution in [0.5, 0.6) is 0 Å². The van der Waals surface area contributed by atoms with E-state index in [0.29, 0.717) is 28.1 Å². The second-order valence-corrected chi connectivity index (χ2v) is 6.14. The number of nitrogens with zero attached hydrogens (tertiary/aromatic N) is 3. The van der Waals surface area contributed by atoms with Crippen molar-refractivity contribution in [2.75, 3.05) is 23.3 Å². The largest absolute Gasteiger partial charge is 0.356 e. The Morgan fingerprint density at radius 1 is 1.20 bits per heavy atom. The third kappa shape index (κ3) is 3.05. The highest BCUT2D eigenvalue weighted by Gasteiger charge is 2.20. The lowest BCUT2D eigenvalue weighted by Gasteiger charge is -2.29. The number of nitrogens with one attached hydrogen (secondary N) is 2. The smallest absolute Gasteiger partial charge is 0.260 e. The predicted molar refractivity (Wildman–Crippen MR) is 94.3 cm³/mol. The Kier molecular flexibility index (Phi) is 4.05. The molecule has 1 fully saturated rings. The van der Waals surface area contributed by atoms with Gasteiger partial charge in [0, 0.05) is 24.7 Å². The number of amides is 1. The molecule has 3 aromatic rings. The fraction of sp³-hybridized carbons (Fsp3) is 0.278. The Hall–Kier alpha value is -2.96. The maximum absolute atomic E-state index is 13.5. The first-order valence-corrected chi connectivity index (χ1v) is 8.37. The van der Waals surface area contributed by atoms with Gasteiger partial charge >= 0.3 is 0 Å². The van der Waals surface area contributed by atoms with Crippen molar-refractivity contribution in [3.05, 3.63) is 47.9 Å². The van der Waals surface area contributed by atoms with Crippen molar-refractivity contribution in [2.24, 2.45) is 0 Å². The zero-order valence-electron chi connectivity index (χ0n) is 13.6. The van der Waals surface area contributed by atoms with Crippen LogP contribution >= 0.6 is 0 Å². The van der Waals surface area contributed by atoms with E-state index < -0.39 is 0 Å². The van der Waals surface area contributed by atoms with Gasteiger partial charge in [0.2, 0.25) is 0 Å². The van der Waals surface area contributed by atoms with E-state index in [1.54, 1.807) is 24.4 Å². The van der Waals surface area contributed by atoms with Gasteiger partial charge in [-0.3, -0.25) is 9.89 Å². The molecule has 7 heteroatoms. The van der Waals surface area contributed by atoms with E-state index in [9.17, 15) is 9.18 Å². The summed E-state index contributed by atoms with van der Waals surface area (Å²) in [6.07, 6.45) is 5.09. The van der Waals surface area contributed by atoms with Gasteiger partial charge in [0.15, 0.2) is 5.82 Å². The third-order valence-electron chi connectivity index (χ3n) is 4.44. The highest BCUT2D eigenvalue weighted by molar-refractivity contribution is 6.10. The number of halogens is 1. The van der Waals surface area contributed by atoms with Crippen LogP contribution in [0.3, 0.4) is 0 Å². The van der Waals surface area contributed by atoms with Crippen LogP contribution in [0, 0.1) is 5.82 Å². The molecule has 2 aromatic heterocycles. The van der Waals surface area contributed by atoms with Crippen LogP contribution in [0.1, 0.15) is 29.6 Å². The number of pyridine rings is 1. The maximum atomic E-state index is 13.5. The van der Waals surface area contributed by atoms with Gasteiger partial charge in [-0.15, -0.1) is 0 Å². The molecule has 128 valence electrons. The zero-order valence-corrected chi connectivity index (χ0v) is 13.6. The van der Waals surface area contributed by atoms with Crippen molar-refractivity contribution in [1.82, 2.24) is 15.2 Å². The van der Waals surface area contributed by atoms with Crippen molar-refractivity contribution in [3.8, 4) is 0 Å². The fourth-order valence-corrected chi connectivity index (χ4v) is 3.19. The lowest BCUT2D eigenvalue weighted by atomic mass is 10.1. The average Bonchev–Trinajstić information content (AvgIpc) is 3.04. The molecule has 3 heterocycles. The first-order valence-electron chi connectivity index (χ1n) is 8.37. The van der Waals surface area contributed by atoms with Crippen LogP contribution in [-0.4, -0.2) is 34.2 Å². The van der Waals surface area contributed by atoms with Crippen LogP contribution in [0.25, 0.3) is 10.9 Å². The number of fused-ring (bicyclic) bond motifs is 1. The van der Waals surface area contributed by atoms with Gasteiger partial charge in [-0.05, 0) is 49.6 Å². The normalized spacial score (nSPS) is 14.7. The van der Waals surface area contributed by atoms with Crippen LogP contribution in [0.4, 0.5) is 16.0 Å². The molecule has 25 heavy (non-hydrogen) atoms. The second-order valence-electron chi connectivity index (χ2n) is 6.14. The van der Waals surface area contributed by atoms with Crippen molar-refractivity contribution < 1.29 is 9.18 Å². The van der Waals surface area contributed by atoms with E-state index in [1.165, 1.54) is 18.6 Å². The molecule has 1 aliphatic rings. The van der Waals surface area contributed by atoms with E-state index in [0.717, 1.165) is 25.9 Å². The number of benzene rings is 1. The van der Waals surface area contributed by atoms with E-state index >= 15 is 0 Å². The van der Waals surface area contributed by atoms with Gasteiger partial charge in [0.1, 0.15) is 11.6 Å². The number of hydrogen-bond donors (Lipinski definition) is 2. The molecule has 1 aromatic carbocycles. The number of carbonyl (C=O) groups is 1. The first-order chi connectivity index (χ1) is 12.2. The van der Waals surface area contributed by atoms with Crippen LogP contribution in [-0.2, 0) is 0 Å². The van der Waals surface area contributed by atoms with Crippen molar-refractivity contribution in [2.45, 2.75) is 19.3 Å². The molecule has 0 radical (unpaired) electrons. The summed E-state index contributed by atoms with van der Waals surface area (Å²) in [7, 11) is 0. The number of aromatic nitrogens is 3. The predicted octanol–water partition coefficient (Wildman–Crippen LogP) is 3.34. The van der Waals surface area contributed by atoms with Gasteiger partial charge in [0.25, 0.3) is 5.91 Å². The standard InChI is InChI=1S/C18H18FN5O/c19-12-6-7-15-14(11-12)16(23-22-15)21-18(25)13-5-4-8-20-17(13)24-9-2-1-3-10-24/h4-8,11H,1-3,9-10H2,(H2,21,22,23,25). The Bertz CT molecular complexity index is 917. The summed E-state index contributed by atoms with van der Waals surface area (Å²) in [6, 6.07) is 7.79. The number of H-pyrrole nitrogens is 1. The molecule has 0 aliphatic carbocycles. The fourth-order valence-electron chi connectivity index (χ4n) is 3.19. The summed E-state index contributed by atoms with van der Waals surface area (Å²) in [4.78, 5) is 19.3. The second kappa shape index (κ2) is 6.51. The highest BCUT2D eigenvalue weighted by Crippen LogP contribution is 2.25. The number of rotatable bonds is 3. The Morgan fingerprint density at radius 2 is 2.04 bits per heavy atom. The van der Waals surface area contributed by atoms with Crippen LogP contribution in [0.2, 0.25) is 0 Å². The highest BCUT2D eigenvalue weighted by atomic mass is 19.1. The molecule has 6 nitrogen and oxygen atoms in total. The summed E-state index contributed by atoms with van der Waals surface area (Å²) in [5.41, 5.74) is 1.16. The Labute approximate surface area is 144 Å². The molecule has 0 bridgehead atoms. The van der Waals surface area contributed by atoms with E-state index in [2.05, 4.69) is 25.4 Å². The summed E-state index contributed by atoms with van der Waals surface area (Å²) >= 11 is 0. The van der Waals surface area contributed by atoms with Crippen molar-refractivity contribution >= 4 is 28.4 Å². The average molecular weight is 339 g/mol. The van der Waals surface area contributed by atoms with Gasteiger partial charge < -0.3 is 10.2 Å². The minimum Gasteiger partial charge on any atom is -0.356 e. The number of anilines is 2. The topological polar surface area (TPSA) is 73.9 Å². The molecule has 2 N–H and O–H groups in total. The molecule has 0 unspecified atom stereocenters. The quantitative estimate of drug-likeness (QED) is 0.767. The maximum Gasteiger partial charge on any atom is 0.260 e. The zero-order chi connectivity index (χ0) is 17.2. The minimum absolute atomic E-state index is 0.300. The number of aromatic amines is 1. The SMILES string of the molecule is O=C(Nc1n[nH]c2ccc(F)cc12)c1cccnc1N1CCCCC1. The van der Waals surface area contributed by atoms with E-state index in [-0.39, 0.29) is 11.7 Å². The number of piperidine rings is 1. The number of hydrogen-bond acceptors (Lipinski definition) is 4. The summed E-state index contributed by atoms with van der Waals surface area (Å²) in [5.74, 6) is 0.324. The number of carbonyl (C=O) groups excluding carboxylic acids is 1.